The number of ether oxygens (including phenoxy) is 4. The van der Waals surface area contributed by atoms with Crippen molar-refractivity contribution in [3.8, 4) is 0 Å². The number of hydrogen-bond donors (Lipinski definition) is 3. The van der Waals surface area contributed by atoms with Crippen LogP contribution < -0.4 is 0 Å². The Labute approximate surface area is 626 Å². The van der Waals surface area contributed by atoms with Crippen LogP contribution in [-0.2, 0) is 65.4 Å². The minimum atomic E-state index is -4.96. The molecule has 0 aliphatic carbocycles. The Morgan fingerprint density at radius 2 is 0.500 bits per heavy atom. The number of aliphatic hydroxyl groups excluding tert-OH is 1. The maximum absolute atomic E-state index is 13.1. The summed E-state index contributed by atoms with van der Waals surface area (Å²) in [7, 11) is -9.92. The number of aliphatic hydroxyl groups is 1. The largest absolute Gasteiger partial charge is 0.472 e. The first kappa shape index (κ1) is 100. The molecule has 3 N–H and O–H groups in total. The molecular formula is C83H162O17P2. The van der Waals surface area contributed by atoms with Gasteiger partial charge in [-0.1, -0.05) is 388 Å². The Morgan fingerprint density at radius 3 is 0.745 bits per heavy atom. The lowest BCUT2D eigenvalue weighted by Gasteiger charge is -2.21. The van der Waals surface area contributed by atoms with Crippen molar-refractivity contribution in [3.63, 3.8) is 0 Å². The van der Waals surface area contributed by atoms with Gasteiger partial charge in [-0.05, 0) is 37.5 Å². The number of carbonyl (C=O) groups excluding carboxylic acids is 4. The van der Waals surface area contributed by atoms with Gasteiger partial charge in [0.1, 0.15) is 19.3 Å². The smallest absolute Gasteiger partial charge is 0.462 e. The summed E-state index contributed by atoms with van der Waals surface area (Å²) in [6, 6.07) is 0. The molecule has 0 rings (SSSR count). The van der Waals surface area contributed by atoms with E-state index in [0.717, 1.165) is 102 Å². The lowest BCUT2D eigenvalue weighted by Crippen LogP contribution is -2.30. The molecule has 102 heavy (non-hydrogen) atoms. The Bertz CT molecular complexity index is 1960. The van der Waals surface area contributed by atoms with E-state index < -0.39 is 97.5 Å². The highest BCUT2D eigenvalue weighted by atomic mass is 31.2. The number of phosphoric acid groups is 2. The van der Waals surface area contributed by atoms with Gasteiger partial charge in [-0.3, -0.25) is 37.3 Å². The van der Waals surface area contributed by atoms with E-state index in [1.54, 1.807) is 0 Å². The molecule has 3 unspecified atom stereocenters. The second-order valence-electron chi connectivity index (χ2n) is 30.6. The Hall–Kier alpha value is -1.94. The SMILES string of the molecule is CCCCCCCCCCCCCCCCCCCCCC(=O)O[C@H](COC(=O)CCCCCCCCCCCCCCCCCC)COP(=O)(O)OC[C@@H](O)COP(=O)(O)OC[C@@H](COC(=O)CCCCCCCCCCCCC(C)C)OC(=O)CCCCCCCCCCCCC(C)CC. The van der Waals surface area contributed by atoms with Crippen LogP contribution in [0.4, 0.5) is 0 Å². The predicted molar refractivity (Wildman–Crippen MR) is 418 cm³/mol. The van der Waals surface area contributed by atoms with Gasteiger partial charge in [0.05, 0.1) is 26.4 Å². The minimum Gasteiger partial charge on any atom is -0.462 e. The standard InChI is InChI=1S/C83H162O17P2/c1-7-10-12-14-16-18-20-22-24-26-27-28-30-32-34-43-49-55-61-67-82(87)99-78(71-93-80(85)65-59-53-47-41-33-31-29-25-23-21-19-17-15-13-11-8-2)73-97-101(89,90)95-69-77(84)70-96-102(91,92)98-74-79(72-94-81(86)66-60-54-48-42-37-35-39-45-51-57-63-75(4)5)100-83(88)68-62-56-50-44-38-36-40-46-52-58-64-76(6)9-3/h75-79,84H,7-74H2,1-6H3,(H,89,90)(H,91,92)/t76?,77-,78-,79-/m1/s1. The van der Waals surface area contributed by atoms with Crippen LogP contribution in [0.25, 0.3) is 0 Å². The number of hydrogen-bond acceptors (Lipinski definition) is 15. The first-order chi connectivity index (χ1) is 49.4. The number of rotatable bonds is 82. The maximum atomic E-state index is 13.1. The van der Waals surface area contributed by atoms with E-state index in [1.807, 2.05) is 0 Å². The van der Waals surface area contributed by atoms with Crippen LogP contribution in [0, 0.1) is 11.8 Å². The van der Waals surface area contributed by atoms with Gasteiger partial charge in [0, 0.05) is 25.7 Å². The summed E-state index contributed by atoms with van der Waals surface area (Å²) in [4.78, 5) is 73.2. The summed E-state index contributed by atoms with van der Waals surface area (Å²) in [6.07, 6.45) is 65.1. The van der Waals surface area contributed by atoms with Gasteiger partial charge >= 0.3 is 39.5 Å². The van der Waals surface area contributed by atoms with Crippen molar-refractivity contribution in [1.29, 1.82) is 0 Å². The first-order valence-electron chi connectivity index (χ1n) is 43.0. The zero-order valence-corrected chi connectivity index (χ0v) is 68.7. The zero-order chi connectivity index (χ0) is 74.9. The molecule has 0 spiro atoms. The van der Waals surface area contributed by atoms with Gasteiger partial charge in [-0.15, -0.1) is 0 Å². The van der Waals surface area contributed by atoms with E-state index >= 15 is 0 Å². The molecule has 0 aliphatic rings. The van der Waals surface area contributed by atoms with Gasteiger partial charge in [-0.2, -0.15) is 0 Å². The van der Waals surface area contributed by atoms with Crippen LogP contribution in [0.5, 0.6) is 0 Å². The third-order valence-corrected chi connectivity index (χ3v) is 21.7. The molecule has 0 bridgehead atoms. The fourth-order valence-electron chi connectivity index (χ4n) is 12.9. The van der Waals surface area contributed by atoms with Gasteiger partial charge in [-0.25, -0.2) is 9.13 Å². The summed E-state index contributed by atoms with van der Waals surface area (Å²) >= 11 is 0. The molecule has 0 heterocycles. The second kappa shape index (κ2) is 74.5. The molecule has 0 fully saturated rings. The van der Waals surface area contributed by atoms with Crippen molar-refractivity contribution in [2.24, 2.45) is 11.8 Å². The average Bonchev–Trinajstić information content (AvgIpc) is 0.912. The van der Waals surface area contributed by atoms with Gasteiger partial charge in [0.15, 0.2) is 12.2 Å². The van der Waals surface area contributed by atoms with E-state index in [-0.39, 0.29) is 25.7 Å². The Kier molecular flexibility index (Phi) is 73.1. The van der Waals surface area contributed by atoms with Crippen molar-refractivity contribution in [2.45, 2.75) is 458 Å². The molecule has 0 amide bonds. The zero-order valence-electron chi connectivity index (χ0n) is 66.9. The first-order valence-corrected chi connectivity index (χ1v) is 46.0. The quantitative estimate of drug-likeness (QED) is 0.0222. The fraction of sp³-hybridized carbons (Fsp3) is 0.952. The monoisotopic (exact) mass is 1490 g/mol. The van der Waals surface area contributed by atoms with Crippen molar-refractivity contribution in [1.82, 2.24) is 0 Å². The topological polar surface area (TPSA) is 237 Å². The molecule has 17 nitrogen and oxygen atoms in total. The van der Waals surface area contributed by atoms with Crippen LogP contribution in [0.1, 0.15) is 440 Å². The van der Waals surface area contributed by atoms with E-state index in [9.17, 15) is 43.2 Å². The van der Waals surface area contributed by atoms with Crippen molar-refractivity contribution < 1.29 is 80.2 Å². The van der Waals surface area contributed by atoms with E-state index in [2.05, 4.69) is 41.5 Å². The summed E-state index contributed by atoms with van der Waals surface area (Å²) in [6.45, 7) is 9.67. The van der Waals surface area contributed by atoms with Crippen LogP contribution in [0.15, 0.2) is 0 Å². The average molecular weight is 1490 g/mol. The molecule has 0 saturated heterocycles. The highest BCUT2D eigenvalue weighted by molar-refractivity contribution is 7.47. The number of carbonyl (C=O) groups is 4. The lowest BCUT2D eigenvalue weighted by atomic mass is 9.99. The molecule has 6 atom stereocenters. The highest BCUT2D eigenvalue weighted by Gasteiger charge is 2.30. The van der Waals surface area contributed by atoms with Crippen LogP contribution in [0.3, 0.4) is 0 Å². The second-order valence-corrected chi connectivity index (χ2v) is 33.5. The molecular weight excluding hydrogens is 1330 g/mol. The van der Waals surface area contributed by atoms with Crippen molar-refractivity contribution in [2.75, 3.05) is 39.6 Å². The molecule has 0 saturated carbocycles. The van der Waals surface area contributed by atoms with Gasteiger partial charge in [0.2, 0.25) is 0 Å². The minimum absolute atomic E-state index is 0.106. The van der Waals surface area contributed by atoms with E-state index in [1.165, 1.54) is 257 Å². The molecule has 0 radical (unpaired) electrons. The molecule has 0 aliphatic heterocycles. The maximum Gasteiger partial charge on any atom is 0.472 e. The lowest BCUT2D eigenvalue weighted by molar-refractivity contribution is -0.161. The molecule has 0 aromatic rings. The molecule has 0 aromatic carbocycles. The van der Waals surface area contributed by atoms with Gasteiger partial charge in [0.25, 0.3) is 0 Å². The third kappa shape index (κ3) is 74.9. The normalized spacial score (nSPS) is 14.1. The fourth-order valence-corrected chi connectivity index (χ4v) is 14.4. The van der Waals surface area contributed by atoms with E-state index in [0.29, 0.717) is 25.7 Å². The van der Waals surface area contributed by atoms with E-state index in [4.69, 9.17) is 37.0 Å². The van der Waals surface area contributed by atoms with Crippen LogP contribution in [-0.4, -0.2) is 96.7 Å². The summed E-state index contributed by atoms with van der Waals surface area (Å²) in [5, 5.41) is 10.7. The number of unbranched alkanes of at least 4 members (excludes halogenated alkanes) is 51. The Morgan fingerprint density at radius 1 is 0.284 bits per heavy atom. The van der Waals surface area contributed by atoms with Crippen molar-refractivity contribution in [3.05, 3.63) is 0 Å². The summed E-state index contributed by atoms with van der Waals surface area (Å²) in [5.74, 6) is -0.543. The van der Waals surface area contributed by atoms with Gasteiger partial charge < -0.3 is 33.8 Å². The highest BCUT2D eigenvalue weighted by Crippen LogP contribution is 2.45. The van der Waals surface area contributed by atoms with Crippen LogP contribution in [0.2, 0.25) is 0 Å². The number of phosphoric ester groups is 2. The van der Waals surface area contributed by atoms with Crippen molar-refractivity contribution >= 4 is 39.5 Å². The predicted octanol–water partition coefficient (Wildman–Crippen LogP) is 25.1. The summed E-state index contributed by atoms with van der Waals surface area (Å²) in [5.41, 5.74) is 0. The molecule has 19 heteroatoms. The molecule has 0 aromatic heterocycles. The summed E-state index contributed by atoms with van der Waals surface area (Å²) < 4.78 is 68.8. The van der Waals surface area contributed by atoms with Crippen LogP contribution >= 0.6 is 15.6 Å². The Balaban J connectivity index is 5.27. The number of esters is 4. The molecule has 606 valence electrons. The third-order valence-electron chi connectivity index (χ3n) is 19.8.